The van der Waals surface area contributed by atoms with Crippen LogP contribution in [0.2, 0.25) is 0 Å². The fourth-order valence-electron chi connectivity index (χ4n) is 2.61. The number of alkyl halides is 2. The molecule has 0 aromatic heterocycles. The second kappa shape index (κ2) is 12.8. The van der Waals surface area contributed by atoms with E-state index >= 15 is 0 Å². The highest BCUT2D eigenvalue weighted by molar-refractivity contribution is 7.85. The third-order valence-electron chi connectivity index (χ3n) is 3.94. The number of amides is 1. The lowest BCUT2D eigenvalue weighted by Crippen LogP contribution is -2.58. The summed E-state index contributed by atoms with van der Waals surface area (Å²) in [5.41, 5.74) is 6.35. The molecule has 0 aromatic rings. The highest BCUT2D eigenvalue weighted by Gasteiger charge is 2.37. The van der Waals surface area contributed by atoms with Gasteiger partial charge in [0.15, 0.2) is 0 Å². The molecule has 1 rings (SSSR count). The first-order valence-electron chi connectivity index (χ1n) is 9.13. The van der Waals surface area contributed by atoms with Crippen LogP contribution < -0.4 is 11.1 Å². The molecule has 12 heteroatoms. The zero-order chi connectivity index (χ0) is 22.8. The van der Waals surface area contributed by atoms with Gasteiger partial charge in [0.1, 0.15) is 0 Å². The molecule has 0 aliphatic heterocycles. The summed E-state index contributed by atoms with van der Waals surface area (Å²) in [6.45, 7) is 5.76. The van der Waals surface area contributed by atoms with Gasteiger partial charge in [-0.25, -0.2) is 4.79 Å². The molecule has 3 atom stereocenters. The number of carbonyl (C=O) groups excluding carboxylic acids is 2. The zero-order valence-corrected chi connectivity index (χ0v) is 17.7. The summed E-state index contributed by atoms with van der Waals surface area (Å²) in [5, 5.41) is 2.23. The van der Waals surface area contributed by atoms with Crippen molar-refractivity contribution < 1.29 is 40.8 Å². The molecule has 0 fully saturated rings. The molecule has 29 heavy (non-hydrogen) atoms. The van der Waals surface area contributed by atoms with Crippen molar-refractivity contribution >= 4 is 22.0 Å². The normalized spacial score (nSPS) is 21.9. The number of nitrogens with two attached hydrogens (primary N) is 1. The monoisotopic (exact) mass is 444 g/mol. The Morgan fingerprint density at radius 3 is 2.24 bits per heavy atom. The van der Waals surface area contributed by atoms with E-state index in [-0.39, 0.29) is 19.1 Å². The van der Waals surface area contributed by atoms with E-state index in [0.717, 1.165) is 0 Å². The van der Waals surface area contributed by atoms with Crippen molar-refractivity contribution in [2.24, 2.45) is 5.73 Å². The number of carbonyl (C=O) groups is 2. The van der Waals surface area contributed by atoms with Crippen LogP contribution in [0.25, 0.3) is 0 Å². The number of hydrogen-bond donors (Lipinski definition) is 3. The molecule has 0 bridgehead atoms. The predicted molar refractivity (Wildman–Crippen MR) is 102 cm³/mol. The number of ether oxygens (including phenoxy) is 2. The Hall–Kier alpha value is -1.63. The summed E-state index contributed by atoms with van der Waals surface area (Å²) in [6.07, 6.45) is -0.257. The average Bonchev–Trinajstić information content (AvgIpc) is 2.60. The Balaban J connectivity index is 0.00000139. The minimum atomic E-state index is -3.67. The minimum absolute atomic E-state index is 0.121. The first kappa shape index (κ1) is 27.4. The fourth-order valence-corrected chi connectivity index (χ4v) is 2.61. The Morgan fingerprint density at radius 2 is 1.83 bits per heavy atom. The molecule has 0 spiro atoms. The van der Waals surface area contributed by atoms with Crippen LogP contribution in [-0.2, 0) is 29.2 Å². The van der Waals surface area contributed by atoms with Gasteiger partial charge in [-0.15, -0.1) is 0 Å². The largest absolute Gasteiger partial charge is 0.463 e. The van der Waals surface area contributed by atoms with Crippen molar-refractivity contribution in [3.63, 3.8) is 0 Å². The van der Waals surface area contributed by atoms with Gasteiger partial charge in [-0.1, -0.05) is 13.8 Å². The van der Waals surface area contributed by atoms with Crippen LogP contribution in [0.15, 0.2) is 11.6 Å². The van der Waals surface area contributed by atoms with Crippen molar-refractivity contribution in [1.29, 1.82) is 0 Å². The maximum absolute atomic E-state index is 12.6. The van der Waals surface area contributed by atoms with Crippen molar-refractivity contribution in [3.8, 4) is 0 Å². The second-order valence-corrected chi connectivity index (χ2v) is 7.85. The molecule has 1 aliphatic rings. The van der Waals surface area contributed by atoms with E-state index in [2.05, 4.69) is 5.32 Å². The quantitative estimate of drug-likeness (QED) is 0.372. The fraction of sp³-hybridized carbons (Fsp3) is 0.765. The molecule has 4 N–H and O–H groups in total. The molecule has 170 valence electrons. The summed E-state index contributed by atoms with van der Waals surface area (Å²) in [5.74, 6) is -1.91. The summed E-state index contributed by atoms with van der Waals surface area (Å²) in [4.78, 5) is 23.3. The maximum atomic E-state index is 12.6. The van der Waals surface area contributed by atoms with Crippen molar-refractivity contribution in [3.05, 3.63) is 11.6 Å². The molecular weight excluding hydrogens is 414 g/mol. The van der Waals surface area contributed by atoms with Crippen molar-refractivity contribution in [1.82, 2.24) is 5.32 Å². The summed E-state index contributed by atoms with van der Waals surface area (Å²) >= 11 is 0. The Morgan fingerprint density at radius 1 is 1.31 bits per heavy atom. The van der Waals surface area contributed by atoms with Crippen LogP contribution in [0.1, 0.15) is 40.0 Å². The molecular formula is C17H30F2N2O7S. The lowest BCUT2D eigenvalue weighted by Gasteiger charge is -2.36. The molecule has 0 saturated heterocycles. The molecule has 3 unspecified atom stereocenters. The number of hydrogen-bond acceptors (Lipinski definition) is 7. The molecule has 0 saturated carbocycles. The van der Waals surface area contributed by atoms with Gasteiger partial charge in [0.25, 0.3) is 16.0 Å². The Bertz CT molecular complexity index is 659. The van der Waals surface area contributed by atoms with Gasteiger partial charge in [0, 0.05) is 11.6 Å². The number of rotatable bonds is 8. The number of nitrogens with one attached hydrogen (secondary N) is 1. The first-order chi connectivity index (χ1) is 13.3. The number of halogens is 2. The van der Waals surface area contributed by atoms with Gasteiger partial charge in [-0.3, -0.25) is 9.35 Å². The lowest BCUT2D eigenvalue weighted by molar-refractivity contribution is -0.139. The standard InChI is InChI=1S/C16H26F2N2O4.CH4O3S/c1-4-10(5-2)24-12-8-9(16(22)23-6-3)7-11(19)13(12)20-15(21)14(17)18;1-5(2,3)4/h8,10-14H,4-7,19H2,1-3H3,(H,20,21);1H3,(H,2,3,4). The van der Waals surface area contributed by atoms with E-state index in [1.807, 2.05) is 13.8 Å². The van der Waals surface area contributed by atoms with Crippen LogP contribution in [0.3, 0.4) is 0 Å². The van der Waals surface area contributed by atoms with E-state index in [9.17, 15) is 26.8 Å². The molecule has 9 nitrogen and oxygen atoms in total. The zero-order valence-electron chi connectivity index (χ0n) is 16.9. The number of esters is 1. The highest BCUT2D eigenvalue weighted by atomic mass is 32.2. The molecule has 0 heterocycles. The van der Waals surface area contributed by atoms with Crippen LogP contribution in [0.5, 0.6) is 0 Å². The molecule has 0 aromatic carbocycles. The second-order valence-electron chi connectivity index (χ2n) is 6.39. The van der Waals surface area contributed by atoms with Crippen LogP contribution in [0, 0.1) is 0 Å². The molecule has 1 aliphatic carbocycles. The van der Waals surface area contributed by atoms with Gasteiger partial charge in [-0.2, -0.15) is 17.2 Å². The van der Waals surface area contributed by atoms with Crippen LogP contribution in [-0.4, -0.2) is 68.4 Å². The van der Waals surface area contributed by atoms with Crippen molar-refractivity contribution in [2.75, 3.05) is 12.9 Å². The Kier molecular flexibility index (Phi) is 12.1. The summed E-state index contributed by atoms with van der Waals surface area (Å²) < 4.78 is 61.8. The summed E-state index contributed by atoms with van der Waals surface area (Å²) in [6, 6.07) is -1.55. The van der Waals surface area contributed by atoms with Gasteiger partial charge in [0.2, 0.25) is 0 Å². The third-order valence-corrected chi connectivity index (χ3v) is 3.94. The van der Waals surface area contributed by atoms with Crippen molar-refractivity contribution in [2.45, 2.75) is 70.8 Å². The van der Waals surface area contributed by atoms with E-state index in [0.29, 0.717) is 24.7 Å². The predicted octanol–water partition coefficient (Wildman–Crippen LogP) is 1.03. The SMILES string of the molecule is CCOC(=O)C1=CC(OC(CC)CC)C(NC(=O)C(F)F)C(N)C1.CS(=O)(=O)O. The average molecular weight is 444 g/mol. The van der Waals surface area contributed by atoms with Gasteiger partial charge < -0.3 is 20.5 Å². The third kappa shape index (κ3) is 11.2. The van der Waals surface area contributed by atoms with E-state index < -0.39 is 46.6 Å². The van der Waals surface area contributed by atoms with Crippen LogP contribution >= 0.6 is 0 Å². The Labute approximate surface area is 169 Å². The van der Waals surface area contributed by atoms with Gasteiger partial charge >= 0.3 is 12.4 Å². The maximum Gasteiger partial charge on any atom is 0.333 e. The van der Waals surface area contributed by atoms with E-state index in [1.54, 1.807) is 6.92 Å². The lowest BCUT2D eigenvalue weighted by atomic mass is 9.88. The summed E-state index contributed by atoms with van der Waals surface area (Å²) in [7, 11) is -3.67. The van der Waals surface area contributed by atoms with E-state index in [4.69, 9.17) is 19.8 Å². The van der Waals surface area contributed by atoms with Crippen LogP contribution in [0.4, 0.5) is 8.78 Å². The smallest absolute Gasteiger partial charge is 0.333 e. The van der Waals surface area contributed by atoms with E-state index in [1.165, 1.54) is 6.08 Å². The topological polar surface area (TPSA) is 145 Å². The molecule has 1 amide bonds. The van der Waals surface area contributed by atoms with Gasteiger partial charge in [-0.05, 0) is 32.3 Å². The minimum Gasteiger partial charge on any atom is -0.463 e. The molecule has 0 radical (unpaired) electrons. The van der Waals surface area contributed by atoms with Gasteiger partial charge in [0.05, 0.1) is 31.1 Å². The highest BCUT2D eigenvalue weighted by Crippen LogP contribution is 2.24. The first-order valence-corrected chi connectivity index (χ1v) is 11.0.